The molecule has 1 amide bonds. The van der Waals surface area contributed by atoms with E-state index in [0.717, 1.165) is 66.1 Å². The molecule has 9 nitrogen and oxygen atoms in total. The van der Waals surface area contributed by atoms with Gasteiger partial charge < -0.3 is 20.8 Å². The number of anilines is 1. The van der Waals surface area contributed by atoms with Crippen LogP contribution in [0.5, 0.6) is 5.75 Å². The number of imidazole rings is 1. The number of carbonyl (C=O) groups is 1. The van der Waals surface area contributed by atoms with Crippen LogP contribution in [-0.4, -0.2) is 44.1 Å². The smallest absolute Gasteiger partial charge is 0.216 e. The summed E-state index contributed by atoms with van der Waals surface area (Å²) in [6, 6.07) is 7.98. The Balaban J connectivity index is 1.52. The van der Waals surface area contributed by atoms with Gasteiger partial charge in [-0.3, -0.25) is 4.79 Å². The Hall–Kier alpha value is -3.62. The van der Waals surface area contributed by atoms with Crippen LogP contribution in [0.2, 0.25) is 0 Å². The van der Waals surface area contributed by atoms with Crippen LogP contribution in [-0.2, 0) is 4.79 Å². The number of benzene rings is 1. The van der Waals surface area contributed by atoms with Crippen molar-refractivity contribution >= 4 is 28.1 Å². The van der Waals surface area contributed by atoms with E-state index in [4.69, 9.17) is 15.5 Å². The molecule has 0 aliphatic heterocycles. The van der Waals surface area contributed by atoms with Crippen LogP contribution in [0.3, 0.4) is 0 Å². The first-order chi connectivity index (χ1) is 15.5. The quantitative estimate of drug-likeness (QED) is 0.444. The zero-order valence-corrected chi connectivity index (χ0v) is 18.3. The van der Waals surface area contributed by atoms with Crippen LogP contribution in [0, 0.1) is 5.92 Å². The van der Waals surface area contributed by atoms with Crippen molar-refractivity contribution in [1.82, 2.24) is 29.9 Å². The second kappa shape index (κ2) is 8.14. The standard InChI is InChI=1S/C23H27N7O2/c1-13(31)25-11-14-6-8-15(9-7-14)23-29-20(21-22(24)26-12-27-30(21)23)17-10-16-4-3-5-18(32-2)19(16)28-17/h3-5,10,12,14-15,28H,6-9,11H2,1-2H3,(H,25,31)(H2,24,26,27). The first kappa shape index (κ1) is 20.3. The van der Waals surface area contributed by atoms with Crippen molar-refractivity contribution in [2.24, 2.45) is 5.92 Å². The first-order valence-corrected chi connectivity index (χ1v) is 10.9. The minimum Gasteiger partial charge on any atom is -0.495 e. The molecule has 5 rings (SSSR count). The van der Waals surface area contributed by atoms with Gasteiger partial charge in [-0.2, -0.15) is 5.10 Å². The number of rotatable bonds is 5. The predicted octanol–water partition coefficient (Wildman–Crippen LogP) is 3.27. The summed E-state index contributed by atoms with van der Waals surface area (Å²) in [6.45, 7) is 2.30. The van der Waals surface area contributed by atoms with Crippen LogP contribution in [0.25, 0.3) is 27.8 Å². The van der Waals surface area contributed by atoms with E-state index in [-0.39, 0.29) is 11.8 Å². The molecule has 0 bridgehead atoms. The number of nitrogens with zero attached hydrogens (tertiary/aromatic N) is 4. The lowest BCUT2D eigenvalue weighted by molar-refractivity contribution is -0.119. The highest BCUT2D eigenvalue weighted by Gasteiger charge is 2.28. The van der Waals surface area contributed by atoms with Gasteiger partial charge >= 0.3 is 0 Å². The Morgan fingerprint density at radius 1 is 1.31 bits per heavy atom. The number of ether oxygens (including phenoxy) is 1. The second-order valence-electron chi connectivity index (χ2n) is 8.49. The normalized spacial score (nSPS) is 18.8. The first-order valence-electron chi connectivity index (χ1n) is 10.9. The molecule has 3 aromatic heterocycles. The molecule has 4 aromatic rings. The molecule has 0 unspecified atom stereocenters. The Bertz CT molecular complexity index is 1280. The number of hydrogen-bond donors (Lipinski definition) is 3. The van der Waals surface area contributed by atoms with E-state index in [1.807, 2.05) is 22.7 Å². The van der Waals surface area contributed by atoms with Crippen molar-refractivity contribution in [1.29, 1.82) is 0 Å². The summed E-state index contributed by atoms with van der Waals surface area (Å²) >= 11 is 0. The molecule has 0 atom stereocenters. The molecular formula is C23H27N7O2. The zero-order chi connectivity index (χ0) is 22.2. The van der Waals surface area contributed by atoms with E-state index >= 15 is 0 Å². The monoisotopic (exact) mass is 433 g/mol. The van der Waals surface area contributed by atoms with Crippen molar-refractivity contribution in [2.75, 3.05) is 19.4 Å². The minimum absolute atomic E-state index is 0.0261. The summed E-state index contributed by atoms with van der Waals surface area (Å²) in [4.78, 5) is 23.9. The van der Waals surface area contributed by atoms with Gasteiger partial charge in [-0.05, 0) is 43.7 Å². The van der Waals surface area contributed by atoms with E-state index in [9.17, 15) is 4.79 Å². The summed E-state index contributed by atoms with van der Waals surface area (Å²) in [7, 11) is 1.66. The van der Waals surface area contributed by atoms with Gasteiger partial charge in [0.15, 0.2) is 5.82 Å². The highest BCUT2D eigenvalue weighted by Crippen LogP contribution is 2.39. The Labute approximate surface area is 185 Å². The molecule has 1 aromatic carbocycles. The number of amides is 1. The molecular weight excluding hydrogens is 406 g/mol. The minimum atomic E-state index is 0.0261. The number of fused-ring (bicyclic) bond motifs is 2. The number of hydrogen-bond acceptors (Lipinski definition) is 6. The summed E-state index contributed by atoms with van der Waals surface area (Å²) < 4.78 is 7.35. The molecule has 3 heterocycles. The van der Waals surface area contributed by atoms with Gasteiger partial charge in [0.2, 0.25) is 5.91 Å². The average Bonchev–Trinajstić information content (AvgIpc) is 3.40. The highest BCUT2D eigenvalue weighted by atomic mass is 16.5. The third kappa shape index (κ3) is 3.53. The number of nitrogens with two attached hydrogens (primary N) is 1. The number of nitrogens with one attached hydrogen (secondary N) is 2. The van der Waals surface area contributed by atoms with Crippen molar-refractivity contribution in [2.45, 2.75) is 38.5 Å². The molecule has 1 aliphatic rings. The van der Waals surface area contributed by atoms with Crippen LogP contribution in [0.1, 0.15) is 44.3 Å². The fourth-order valence-corrected chi connectivity index (χ4v) is 4.77. The van der Waals surface area contributed by atoms with Gasteiger partial charge in [0.1, 0.15) is 29.1 Å². The van der Waals surface area contributed by atoms with Crippen LogP contribution < -0.4 is 15.8 Å². The number of aromatic nitrogens is 5. The fourth-order valence-electron chi connectivity index (χ4n) is 4.77. The third-order valence-electron chi connectivity index (χ3n) is 6.43. The Morgan fingerprint density at radius 3 is 2.88 bits per heavy atom. The molecule has 9 heteroatoms. The van der Waals surface area contributed by atoms with E-state index < -0.39 is 0 Å². The second-order valence-corrected chi connectivity index (χ2v) is 8.49. The maximum Gasteiger partial charge on any atom is 0.216 e. The number of H-pyrrole nitrogens is 1. The van der Waals surface area contributed by atoms with Crippen molar-refractivity contribution < 1.29 is 9.53 Å². The van der Waals surface area contributed by atoms with Gasteiger partial charge in [0, 0.05) is 24.8 Å². The van der Waals surface area contributed by atoms with E-state index in [1.165, 1.54) is 6.33 Å². The molecule has 4 N–H and O–H groups in total. The number of nitrogen functional groups attached to an aromatic ring is 1. The predicted molar refractivity (Wildman–Crippen MR) is 122 cm³/mol. The van der Waals surface area contributed by atoms with E-state index in [1.54, 1.807) is 14.0 Å². The molecule has 1 fully saturated rings. The lowest BCUT2D eigenvalue weighted by Gasteiger charge is -2.27. The maximum atomic E-state index is 11.2. The molecule has 0 spiro atoms. The number of para-hydroxylation sites is 1. The third-order valence-corrected chi connectivity index (χ3v) is 6.43. The average molecular weight is 434 g/mol. The topological polar surface area (TPSA) is 123 Å². The molecule has 32 heavy (non-hydrogen) atoms. The molecule has 1 saturated carbocycles. The van der Waals surface area contributed by atoms with Crippen molar-refractivity contribution in [3.63, 3.8) is 0 Å². The molecule has 0 radical (unpaired) electrons. The molecule has 166 valence electrons. The number of aromatic amines is 1. The van der Waals surface area contributed by atoms with E-state index in [0.29, 0.717) is 17.3 Å². The van der Waals surface area contributed by atoms with Gasteiger partial charge in [-0.15, -0.1) is 0 Å². The van der Waals surface area contributed by atoms with Crippen LogP contribution in [0.15, 0.2) is 30.6 Å². The Kier molecular flexibility index (Phi) is 5.16. The molecule has 0 saturated heterocycles. The number of carbonyl (C=O) groups excluding carboxylic acids is 1. The largest absolute Gasteiger partial charge is 0.495 e. The van der Waals surface area contributed by atoms with Crippen LogP contribution >= 0.6 is 0 Å². The summed E-state index contributed by atoms with van der Waals surface area (Å²) in [5.74, 6) is 2.89. The number of methoxy groups -OCH3 is 1. The van der Waals surface area contributed by atoms with Gasteiger partial charge in [0.05, 0.1) is 18.3 Å². The van der Waals surface area contributed by atoms with Gasteiger partial charge in [-0.25, -0.2) is 14.5 Å². The van der Waals surface area contributed by atoms with Crippen LogP contribution in [0.4, 0.5) is 5.82 Å². The fraction of sp³-hybridized carbons (Fsp3) is 0.391. The van der Waals surface area contributed by atoms with Crippen molar-refractivity contribution in [3.8, 4) is 17.1 Å². The van der Waals surface area contributed by atoms with Crippen molar-refractivity contribution in [3.05, 3.63) is 36.4 Å². The summed E-state index contributed by atoms with van der Waals surface area (Å²) in [5, 5.41) is 8.48. The lowest BCUT2D eigenvalue weighted by Crippen LogP contribution is -2.29. The lowest BCUT2D eigenvalue weighted by atomic mass is 9.81. The van der Waals surface area contributed by atoms with E-state index in [2.05, 4.69) is 26.4 Å². The highest BCUT2D eigenvalue weighted by molar-refractivity contribution is 5.93. The zero-order valence-electron chi connectivity index (χ0n) is 18.3. The Morgan fingerprint density at radius 2 is 2.12 bits per heavy atom. The van der Waals surface area contributed by atoms with Gasteiger partial charge in [0.25, 0.3) is 0 Å². The SMILES string of the molecule is COc1cccc2cc(-c3nc(C4CCC(CNC(C)=O)CC4)n4ncnc(N)c34)[nH]c12. The molecule has 1 aliphatic carbocycles. The van der Waals surface area contributed by atoms with Gasteiger partial charge in [-0.1, -0.05) is 12.1 Å². The summed E-state index contributed by atoms with van der Waals surface area (Å²) in [5.41, 5.74) is 9.52. The summed E-state index contributed by atoms with van der Waals surface area (Å²) in [6.07, 6.45) is 5.55. The maximum absolute atomic E-state index is 11.2.